The minimum atomic E-state index is -4.65. The number of nitrogens with zero attached hydrogens (tertiary/aromatic N) is 2. The molecule has 0 spiro atoms. The highest BCUT2D eigenvalue weighted by molar-refractivity contribution is 5.68. The summed E-state index contributed by atoms with van der Waals surface area (Å²) in [7, 11) is 3.29. The zero-order valence-electron chi connectivity index (χ0n) is 10.2. The highest BCUT2D eigenvalue weighted by atomic mass is 19.4. The van der Waals surface area contributed by atoms with Gasteiger partial charge in [0, 0.05) is 20.2 Å². The molecule has 1 aromatic rings. The van der Waals surface area contributed by atoms with Crippen LogP contribution in [0.15, 0.2) is 18.3 Å². The van der Waals surface area contributed by atoms with Crippen molar-refractivity contribution >= 4 is 17.5 Å². The normalized spacial score (nSPS) is 11.8. The summed E-state index contributed by atoms with van der Waals surface area (Å²) in [5.74, 6) is 0. The van der Waals surface area contributed by atoms with E-state index in [9.17, 15) is 23.3 Å². The molecule has 8 heteroatoms. The second-order valence-electron chi connectivity index (χ2n) is 4.03. The lowest BCUT2D eigenvalue weighted by Crippen LogP contribution is -2.10. The molecular formula is C11H12F3N3O2. The van der Waals surface area contributed by atoms with Gasteiger partial charge in [-0.15, -0.1) is 0 Å². The van der Waals surface area contributed by atoms with Crippen LogP contribution in [-0.2, 0) is 6.18 Å². The summed E-state index contributed by atoms with van der Waals surface area (Å²) >= 11 is 0. The Bertz CT molecular complexity index is 525. The van der Waals surface area contributed by atoms with Crippen molar-refractivity contribution in [2.24, 2.45) is 0 Å². The van der Waals surface area contributed by atoms with E-state index >= 15 is 0 Å². The summed E-state index contributed by atoms with van der Waals surface area (Å²) in [5, 5.41) is 10.8. The summed E-state index contributed by atoms with van der Waals surface area (Å²) in [6.45, 7) is 0. The zero-order chi connectivity index (χ0) is 14.8. The predicted octanol–water partition coefficient (Wildman–Crippen LogP) is 2.73. The van der Waals surface area contributed by atoms with Gasteiger partial charge in [-0.3, -0.25) is 10.1 Å². The zero-order valence-corrected chi connectivity index (χ0v) is 10.2. The molecule has 5 nitrogen and oxygen atoms in total. The first-order valence-corrected chi connectivity index (χ1v) is 5.12. The fourth-order valence-electron chi connectivity index (χ4n) is 1.39. The SMILES string of the molecule is CN(C)/C=C/c1cc(C(F)(F)F)c(N)cc1[N+](=O)[O-]. The number of nitro groups is 1. The van der Waals surface area contributed by atoms with Crippen LogP contribution in [0, 0.1) is 10.1 Å². The average molecular weight is 275 g/mol. The van der Waals surface area contributed by atoms with Gasteiger partial charge in [-0.05, 0) is 18.3 Å². The van der Waals surface area contributed by atoms with Crippen LogP contribution in [0.25, 0.3) is 6.08 Å². The molecule has 0 atom stereocenters. The number of nitrogen functional groups attached to an aromatic ring is 1. The average Bonchev–Trinajstić information content (AvgIpc) is 2.24. The maximum atomic E-state index is 12.7. The van der Waals surface area contributed by atoms with Crippen molar-refractivity contribution in [3.63, 3.8) is 0 Å². The van der Waals surface area contributed by atoms with E-state index in [0.29, 0.717) is 6.07 Å². The summed E-state index contributed by atoms with van der Waals surface area (Å²) in [6, 6.07) is 1.39. The molecule has 0 unspecified atom stereocenters. The lowest BCUT2D eigenvalue weighted by atomic mass is 10.1. The molecule has 0 amide bonds. The molecule has 0 radical (unpaired) electrons. The van der Waals surface area contributed by atoms with Crippen LogP contribution in [0.5, 0.6) is 0 Å². The van der Waals surface area contributed by atoms with Gasteiger partial charge >= 0.3 is 6.18 Å². The fourth-order valence-corrected chi connectivity index (χ4v) is 1.39. The Morgan fingerprint density at radius 3 is 2.37 bits per heavy atom. The standard InChI is InChI=1S/C11H12F3N3O2/c1-16(2)4-3-7-5-8(11(12,13)14)9(15)6-10(7)17(18)19/h3-6H,15H2,1-2H3/b4-3+. The summed E-state index contributed by atoms with van der Waals surface area (Å²) in [4.78, 5) is 11.6. The van der Waals surface area contributed by atoms with Crippen molar-refractivity contribution in [1.29, 1.82) is 0 Å². The van der Waals surface area contributed by atoms with Crippen LogP contribution < -0.4 is 5.73 Å². The number of hydrogen-bond donors (Lipinski definition) is 1. The quantitative estimate of drug-likeness (QED) is 0.523. The Morgan fingerprint density at radius 1 is 1.37 bits per heavy atom. The number of benzene rings is 1. The summed E-state index contributed by atoms with van der Waals surface area (Å²) in [5.41, 5.74) is 2.84. The second-order valence-corrected chi connectivity index (χ2v) is 4.03. The molecule has 0 heterocycles. The van der Waals surface area contributed by atoms with Crippen molar-refractivity contribution < 1.29 is 18.1 Å². The smallest absolute Gasteiger partial charge is 0.398 e. The number of alkyl halides is 3. The second kappa shape index (κ2) is 5.17. The van der Waals surface area contributed by atoms with E-state index in [1.807, 2.05) is 0 Å². The van der Waals surface area contributed by atoms with Crippen LogP contribution >= 0.6 is 0 Å². The number of nitrogens with two attached hydrogens (primary N) is 1. The molecule has 0 aliphatic rings. The van der Waals surface area contributed by atoms with Crippen molar-refractivity contribution in [1.82, 2.24) is 4.90 Å². The molecule has 19 heavy (non-hydrogen) atoms. The van der Waals surface area contributed by atoms with Crippen molar-refractivity contribution in [2.75, 3.05) is 19.8 Å². The van der Waals surface area contributed by atoms with E-state index in [0.717, 1.165) is 6.07 Å². The molecule has 0 saturated heterocycles. The van der Waals surface area contributed by atoms with E-state index in [1.54, 1.807) is 19.0 Å². The van der Waals surface area contributed by atoms with Gasteiger partial charge in [0.05, 0.1) is 21.7 Å². The molecule has 2 N–H and O–H groups in total. The number of halogens is 3. The first-order chi connectivity index (χ1) is 8.62. The highest BCUT2D eigenvalue weighted by Gasteiger charge is 2.34. The molecule has 104 valence electrons. The number of anilines is 1. The Hall–Kier alpha value is -2.25. The van der Waals surface area contributed by atoms with Crippen molar-refractivity contribution in [3.05, 3.63) is 39.6 Å². The minimum absolute atomic E-state index is 0.153. The van der Waals surface area contributed by atoms with Gasteiger partial charge in [0.2, 0.25) is 0 Å². The van der Waals surface area contributed by atoms with Gasteiger partial charge in [0.1, 0.15) is 0 Å². The van der Waals surface area contributed by atoms with Gasteiger partial charge in [-0.25, -0.2) is 0 Å². The Balaban J connectivity index is 3.44. The van der Waals surface area contributed by atoms with Crippen LogP contribution in [0.3, 0.4) is 0 Å². The number of hydrogen-bond acceptors (Lipinski definition) is 4. The fraction of sp³-hybridized carbons (Fsp3) is 0.273. The van der Waals surface area contributed by atoms with Crippen molar-refractivity contribution in [3.8, 4) is 0 Å². The molecule has 1 aromatic carbocycles. The third-order valence-electron chi connectivity index (χ3n) is 2.25. The molecule has 0 aliphatic carbocycles. The van der Waals surface area contributed by atoms with E-state index in [1.165, 1.54) is 12.3 Å². The molecule has 0 saturated carbocycles. The topological polar surface area (TPSA) is 72.4 Å². The van der Waals surface area contributed by atoms with Crippen molar-refractivity contribution in [2.45, 2.75) is 6.18 Å². The van der Waals surface area contributed by atoms with E-state index in [-0.39, 0.29) is 5.56 Å². The van der Waals surface area contributed by atoms with E-state index in [2.05, 4.69) is 0 Å². The van der Waals surface area contributed by atoms with Crippen LogP contribution in [-0.4, -0.2) is 23.9 Å². The summed E-state index contributed by atoms with van der Waals surface area (Å²) in [6.07, 6.45) is -2.01. The van der Waals surface area contributed by atoms with Crippen LogP contribution in [0.2, 0.25) is 0 Å². The highest BCUT2D eigenvalue weighted by Crippen LogP contribution is 2.37. The first kappa shape index (κ1) is 14.8. The molecular weight excluding hydrogens is 263 g/mol. The van der Waals surface area contributed by atoms with Gasteiger partial charge < -0.3 is 10.6 Å². The number of nitro benzene ring substituents is 1. The summed E-state index contributed by atoms with van der Waals surface area (Å²) < 4.78 is 38.0. The van der Waals surface area contributed by atoms with Crippen LogP contribution in [0.4, 0.5) is 24.5 Å². The van der Waals surface area contributed by atoms with Gasteiger partial charge in [-0.2, -0.15) is 13.2 Å². The van der Waals surface area contributed by atoms with E-state index in [4.69, 9.17) is 5.73 Å². The van der Waals surface area contributed by atoms with E-state index < -0.39 is 28.0 Å². The third kappa shape index (κ3) is 3.60. The minimum Gasteiger partial charge on any atom is -0.398 e. The predicted molar refractivity (Wildman–Crippen MR) is 65.2 cm³/mol. The first-order valence-electron chi connectivity index (χ1n) is 5.12. The Morgan fingerprint density at radius 2 is 1.95 bits per heavy atom. The largest absolute Gasteiger partial charge is 0.418 e. The molecule has 0 aliphatic heterocycles. The third-order valence-corrected chi connectivity index (χ3v) is 2.25. The molecule has 0 bridgehead atoms. The lowest BCUT2D eigenvalue weighted by Gasteiger charge is -2.11. The number of rotatable bonds is 3. The maximum absolute atomic E-state index is 12.7. The molecule has 0 aromatic heterocycles. The maximum Gasteiger partial charge on any atom is 0.418 e. The molecule has 0 fully saturated rings. The monoisotopic (exact) mass is 275 g/mol. The van der Waals surface area contributed by atoms with Gasteiger partial charge in [-0.1, -0.05) is 0 Å². The molecule has 1 rings (SSSR count). The Labute approximate surface area is 107 Å². The van der Waals surface area contributed by atoms with Crippen LogP contribution in [0.1, 0.15) is 11.1 Å². The Kier molecular flexibility index (Phi) is 4.03. The lowest BCUT2D eigenvalue weighted by molar-refractivity contribution is -0.385. The van der Waals surface area contributed by atoms with Gasteiger partial charge in [0.25, 0.3) is 5.69 Å². The van der Waals surface area contributed by atoms with Gasteiger partial charge in [0.15, 0.2) is 0 Å².